The van der Waals surface area contributed by atoms with Crippen LogP contribution in [0, 0.1) is 0 Å². The molecule has 0 aliphatic carbocycles. The summed E-state index contributed by atoms with van der Waals surface area (Å²) in [4.78, 5) is 0. The second-order valence-electron chi connectivity index (χ2n) is 1.98. The molecular weight excluding hydrogens is 110 g/mol. The van der Waals surface area contributed by atoms with E-state index in [-0.39, 0.29) is 0 Å². The van der Waals surface area contributed by atoms with Gasteiger partial charge in [0.15, 0.2) is 0 Å². The first-order valence-corrected chi connectivity index (χ1v) is 3.62. The second kappa shape index (κ2) is 7.96. The minimum atomic E-state index is -1.59. The van der Waals surface area contributed by atoms with Crippen LogP contribution in [0.4, 0.5) is 0 Å². The van der Waals surface area contributed by atoms with Crippen LogP contribution < -0.4 is 5.32 Å². The summed E-state index contributed by atoms with van der Waals surface area (Å²) >= 11 is 0. The normalized spacial score (nSPS) is 19.8. The molecule has 1 heteroatoms. The van der Waals surface area contributed by atoms with E-state index in [0.717, 1.165) is 0 Å². The van der Waals surface area contributed by atoms with E-state index in [4.69, 9.17) is 5.48 Å². The molecule has 56 valence electrons. The minimum absolute atomic E-state index is 0.343. The fourth-order valence-electron chi connectivity index (χ4n) is 0.437. The minimum Gasteiger partial charge on any atom is -0.317 e. The van der Waals surface area contributed by atoms with Crippen molar-refractivity contribution in [2.24, 2.45) is 0 Å². The van der Waals surface area contributed by atoms with Crippen LogP contribution in [0.15, 0.2) is 0 Å². The van der Waals surface area contributed by atoms with E-state index in [2.05, 4.69) is 5.32 Å². The number of hydrogen-bond donors (Lipinski definition) is 1. The lowest BCUT2D eigenvalue weighted by Gasteiger charge is -1.99. The topological polar surface area (TPSA) is 12.0 Å². The van der Waals surface area contributed by atoms with Crippen LogP contribution >= 0.6 is 0 Å². The maximum absolute atomic E-state index is 7.48. The Kier molecular flexibility index (Phi) is 3.51. The zero-order valence-corrected chi connectivity index (χ0v) is 6.33. The first-order chi connectivity index (χ1) is 5.83. The highest BCUT2D eigenvalue weighted by Gasteiger charge is 1.83. The van der Waals surface area contributed by atoms with Gasteiger partial charge in [-0.15, -0.1) is 0 Å². The van der Waals surface area contributed by atoms with Crippen LogP contribution in [0.1, 0.15) is 45.0 Å². The lowest BCUT2D eigenvalue weighted by Crippen LogP contribution is -2.15. The molecule has 0 fully saturated rings. The smallest absolute Gasteiger partial charge is 0.0428 e. The van der Waals surface area contributed by atoms with Crippen LogP contribution in [0.3, 0.4) is 0 Å². The molecule has 0 rings (SSSR count). The summed E-state index contributed by atoms with van der Waals surface area (Å²) in [5.74, 6) is 0. The van der Waals surface area contributed by atoms with Gasteiger partial charge in [0, 0.05) is 5.48 Å². The maximum atomic E-state index is 7.48. The van der Waals surface area contributed by atoms with Crippen molar-refractivity contribution < 1.29 is 5.48 Å². The molecule has 0 aliphatic heterocycles. The van der Waals surface area contributed by atoms with Crippen molar-refractivity contribution in [3.05, 3.63) is 0 Å². The molecule has 0 aromatic rings. The van der Waals surface area contributed by atoms with E-state index in [1.165, 1.54) is 0 Å². The predicted octanol–water partition coefficient (Wildman–Crippen LogP) is 2.18. The summed E-state index contributed by atoms with van der Waals surface area (Å²) in [6.45, 7) is 0.588. The summed E-state index contributed by atoms with van der Waals surface area (Å²) in [6.07, 6.45) is 2.11. The molecule has 0 aromatic carbocycles. The lowest BCUT2D eigenvalue weighted by atomic mass is 10.3. The Morgan fingerprint density at radius 1 is 1.11 bits per heavy atom. The molecule has 1 nitrogen and oxygen atoms in total. The SMILES string of the molecule is [2H]C([2H])(CCC)NC([2H])([2H])CCC. The van der Waals surface area contributed by atoms with Gasteiger partial charge in [-0.05, 0) is 25.8 Å². The van der Waals surface area contributed by atoms with Gasteiger partial charge < -0.3 is 5.32 Å². The summed E-state index contributed by atoms with van der Waals surface area (Å²) in [5.41, 5.74) is 0. The molecule has 0 saturated heterocycles. The molecule has 0 radical (unpaired) electrons. The molecule has 0 heterocycles. The van der Waals surface area contributed by atoms with Crippen molar-refractivity contribution in [3.63, 3.8) is 0 Å². The molecule has 9 heavy (non-hydrogen) atoms. The lowest BCUT2D eigenvalue weighted by molar-refractivity contribution is 0.611. The maximum Gasteiger partial charge on any atom is 0.0428 e. The quantitative estimate of drug-likeness (QED) is 0.585. The van der Waals surface area contributed by atoms with Crippen LogP contribution in [-0.2, 0) is 0 Å². The van der Waals surface area contributed by atoms with Gasteiger partial charge in [-0.2, -0.15) is 0 Å². The summed E-state index contributed by atoms with van der Waals surface area (Å²) in [5, 5.41) is 2.40. The van der Waals surface area contributed by atoms with Gasteiger partial charge in [0.05, 0.1) is 0 Å². The van der Waals surface area contributed by atoms with E-state index in [1.807, 2.05) is 13.8 Å². The van der Waals surface area contributed by atoms with Crippen LogP contribution in [0.5, 0.6) is 0 Å². The highest BCUT2D eigenvalue weighted by Crippen LogP contribution is 1.85. The van der Waals surface area contributed by atoms with Gasteiger partial charge in [-0.1, -0.05) is 26.7 Å². The highest BCUT2D eigenvalue weighted by molar-refractivity contribution is 4.45. The van der Waals surface area contributed by atoms with Gasteiger partial charge in [-0.25, -0.2) is 0 Å². The van der Waals surface area contributed by atoms with E-state index in [0.29, 0.717) is 25.7 Å². The number of nitrogens with one attached hydrogen (secondary N) is 1. The van der Waals surface area contributed by atoms with Gasteiger partial charge in [0.1, 0.15) is 0 Å². The summed E-state index contributed by atoms with van der Waals surface area (Å²) < 4.78 is 29.9. The fourth-order valence-corrected chi connectivity index (χ4v) is 0.437. The zero-order valence-electron chi connectivity index (χ0n) is 10.3. The second-order valence-corrected chi connectivity index (χ2v) is 1.98. The number of hydrogen-bond acceptors (Lipinski definition) is 1. The average molecular weight is 133 g/mol. The number of rotatable bonds is 6. The molecule has 0 aromatic heterocycles. The van der Waals surface area contributed by atoms with Crippen molar-refractivity contribution in [2.45, 2.75) is 39.5 Å². The van der Waals surface area contributed by atoms with Crippen LogP contribution in [-0.4, -0.2) is 13.0 Å². The van der Waals surface area contributed by atoms with Gasteiger partial charge in [0.2, 0.25) is 0 Å². The predicted molar refractivity (Wildman–Crippen MR) is 42.7 cm³/mol. The Labute approximate surface area is 64.5 Å². The zero-order chi connectivity index (χ0) is 10.5. The monoisotopic (exact) mass is 133 g/mol. The molecule has 0 saturated carbocycles. The standard InChI is InChI=1S/C8H19N/c1-3-5-7-9-8-6-4-2/h9H,3-8H2,1-2H3/i7D2,8D2. The summed E-state index contributed by atoms with van der Waals surface area (Å²) in [7, 11) is 0. The van der Waals surface area contributed by atoms with Crippen molar-refractivity contribution in [1.82, 2.24) is 5.32 Å². The average Bonchev–Trinajstić information content (AvgIpc) is 1.82. The third kappa shape index (κ3) is 7.96. The largest absolute Gasteiger partial charge is 0.317 e. The Balaban J connectivity index is 4.07. The molecular formula is C8H19N. The first kappa shape index (κ1) is 3.97. The van der Waals surface area contributed by atoms with E-state index < -0.39 is 13.0 Å². The van der Waals surface area contributed by atoms with Crippen molar-refractivity contribution in [1.29, 1.82) is 0 Å². The fraction of sp³-hybridized carbons (Fsp3) is 1.00. The molecule has 1 N–H and O–H groups in total. The van der Waals surface area contributed by atoms with Crippen molar-refractivity contribution in [3.8, 4) is 0 Å². The van der Waals surface area contributed by atoms with Crippen LogP contribution in [0.2, 0.25) is 0 Å². The molecule has 0 aliphatic rings. The first-order valence-electron chi connectivity index (χ1n) is 5.62. The van der Waals surface area contributed by atoms with Gasteiger partial charge in [-0.3, -0.25) is 0 Å². The third-order valence-electron chi connectivity index (χ3n) is 0.927. The van der Waals surface area contributed by atoms with Crippen molar-refractivity contribution >= 4 is 0 Å². The van der Waals surface area contributed by atoms with E-state index in [9.17, 15) is 0 Å². The van der Waals surface area contributed by atoms with E-state index >= 15 is 0 Å². The Morgan fingerprint density at radius 2 is 1.56 bits per heavy atom. The Bertz CT molecular complexity index is 131. The summed E-state index contributed by atoms with van der Waals surface area (Å²) in [6, 6.07) is 0. The Hall–Kier alpha value is -0.0400. The molecule has 0 unspecified atom stereocenters. The molecule has 0 spiro atoms. The van der Waals surface area contributed by atoms with Gasteiger partial charge >= 0.3 is 0 Å². The third-order valence-corrected chi connectivity index (χ3v) is 0.927. The van der Waals surface area contributed by atoms with Gasteiger partial charge in [0.25, 0.3) is 0 Å². The van der Waals surface area contributed by atoms with E-state index in [1.54, 1.807) is 0 Å². The molecule has 0 amide bonds. The van der Waals surface area contributed by atoms with Crippen molar-refractivity contribution in [2.75, 3.05) is 13.0 Å². The molecule has 0 bridgehead atoms. The van der Waals surface area contributed by atoms with Crippen LogP contribution in [0.25, 0.3) is 0 Å². The Morgan fingerprint density at radius 3 is 1.89 bits per heavy atom. The highest BCUT2D eigenvalue weighted by atomic mass is 14.8. The molecule has 0 atom stereocenters.